The molecule has 0 aromatic heterocycles. The summed E-state index contributed by atoms with van der Waals surface area (Å²) >= 11 is 9.00. The Labute approximate surface area is 164 Å². The number of hydrogen-bond acceptors (Lipinski definition) is 2. The summed E-state index contributed by atoms with van der Waals surface area (Å²) in [4.78, 5) is 1.41. The average Bonchev–Trinajstić information content (AvgIpc) is 2.80. The molecule has 0 bridgehead atoms. The van der Waals surface area contributed by atoms with Crippen molar-refractivity contribution >= 4 is 79.5 Å². The maximum absolute atomic E-state index is 6.10. The van der Waals surface area contributed by atoms with Crippen LogP contribution in [0.25, 0.3) is 0 Å². The fourth-order valence-corrected chi connectivity index (χ4v) is 7.30. The van der Waals surface area contributed by atoms with Crippen molar-refractivity contribution in [2.24, 2.45) is 0 Å². The number of benzene rings is 2. The van der Waals surface area contributed by atoms with Gasteiger partial charge in [-0.15, -0.1) is 11.8 Å². The molecular weight excluding hydrogens is 609 g/mol. The van der Waals surface area contributed by atoms with E-state index >= 15 is 0 Å². The monoisotopic (exact) mass is 620 g/mol. The Balaban J connectivity index is 1.67. The third kappa shape index (κ3) is 3.57. The highest BCUT2D eigenvalue weighted by molar-refractivity contribution is 14.1. The Bertz CT molecular complexity index is 597. The summed E-state index contributed by atoms with van der Waals surface area (Å²) in [6, 6.07) is 13.0. The molecule has 1 aliphatic heterocycles. The van der Waals surface area contributed by atoms with Gasteiger partial charge in [-0.1, -0.05) is 18.2 Å². The van der Waals surface area contributed by atoms with Crippen LogP contribution in [0.1, 0.15) is 5.56 Å². The van der Waals surface area contributed by atoms with E-state index in [-0.39, 0.29) is 0 Å². The van der Waals surface area contributed by atoms with E-state index in [2.05, 4.69) is 104 Å². The van der Waals surface area contributed by atoms with Crippen molar-refractivity contribution in [3.63, 3.8) is 0 Å². The van der Waals surface area contributed by atoms with E-state index in [0.29, 0.717) is 5.25 Å². The van der Waals surface area contributed by atoms with Gasteiger partial charge in [-0.05, 0) is 98.0 Å². The molecule has 1 unspecified atom stereocenters. The summed E-state index contributed by atoms with van der Waals surface area (Å²) in [6.45, 7) is 0.770. The van der Waals surface area contributed by atoms with E-state index in [4.69, 9.17) is 4.74 Å². The van der Waals surface area contributed by atoms with Gasteiger partial charge in [0, 0.05) is 13.7 Å². The predicted molar refractivity (Wildman–Crippen MR) is 110 cm³/mol. The van der Waals surface area contributed by atoms with E-state index in [9.17, 15) is 0 Å². The number of ether oxygens (including phenoxy) is 1. The first kappa shape index (κ1) is 15.7. The number of halogens is 3. The summed E-state index contributed by atoms with van der Waals surface area (Å²) in [5, 5.41) is 0.526. The van der Waals surface area contributed by atoms with Crippen LogP contribution in [-0.2, 0) is 6.42 Å². The molecule has 0 spiro atoms. The highest BCUT2D eigenvalue weighted by Crippen LogP contribution is 2.37. The lowest BCUT2D eigenvalue weighted by Crippen LogP contribution is -2.14. The van der Waals surface area contributed by atoms with Gasteiger partial charge in [0.2, 0.25) is 0 Å². The third-order valence-electron chi connectivity index (χ3n) is 3.09. The lowest BCUT2D eigenvalue weighted by atomic mass is 10.1. The smallest absolute Gasteiger partial charge is 0.146 e. The number of rotatable bonds is 3. The predicted octanol–water partition coefficient (Wildman–Crippen LogP) is 5.60. The van der Waals surface area contributed by atoms with Crippen molar-refractivity contribution in [1.82, 2.24) is 0 Å². The van der Waals surface area contributed by atoms with Gasteiger partial charge in [-0.25, -0.2) is 0 Å². The molecule has 0 radical (unpaired) electrons. The Morgan fingerprint density at radius 1 is 1.10 bits per heavy atom. The van der Waals surface area contributed by atoms with Crippen molar-refractivity contribution in [2.75, 3.05) is 6.61 Å². The van der Waals surface area contributed by atoms with Crippen LogP contribution in [0.3, 0.4) is 0 Å². The quantitative estimate of drug-likeness (QED) is 0.414. The molecule has 20 heavy (non-hydrogen) atoms. The van der Waals surface area contributed by atoms with Crippen LogP contribution in [0.15, 0.2) is 41.3 Å². The third-order valence-corrected chi connectivity index (χ3v) is 6.60. The van der Waals surface area contributed by atoms with E-state index in [0.717, 1.165) is 18.8 Å². The molecule has 104 valence electrons. The normalized spacial score (nSPS) is 17.1. The van der Waals surface area contributed by atoms with E-state index in [1.165, 1.54) is 21.2 Å². The Morgan fingerprint density at radius 3 is 2.50 bits per heavy atom. The van der Waals surface area contributed by atoms with E-state index in [1.54, 1.807) is 0 Å². The fraction of sp³-hybridized carbons (Fsp3) is 0.200. The van der Waals surface area contributed by atoms with Crippen molar-refractivity contribution in [1.29, 1.82) is 0 Å². The molecule has 2 aromatic rings. The first-order chi connectivity index (χ1) is 9.63. The van der Waals surface area contributed by atoms with Gasteiger partial charge in [-0.2, -0.15) is 0 Å². The van der Waals surface area contributed by atoms with Crippen LogP contribution in [0.2, 0.25) is 0 Å². The lowest BCUT2D eigenvalue weighted by molar-refractivity contribution is 0.313. The zero-order valence-corrected chi connectivity index (χ0v) is 17.7. The molecule has 1 heterocycles. The molecule has 5 heteroatoms. The van der Waals surface area contributed by atoms with Crippen molar-refractivity contribution < 1.29 is 4.74 Å². The average molecular weight is 620 g/mol. The number of thioether (sulfide) groups is 1. The second-order valence-electron chi connectivity index (χ2n) is 4.56. The minimum Gasteiger partial charge on any atom is -0.490 e. The SMILES string of the molecule is Ic1cc(I)c(OCC2Cc3ccccc3S2)c(I)c1. The van der Waals surface area contributed by atoms with Gasteiger partial charge in [-0.3, -0.25) is 0 Å². The maximum atomic E-state index is 6.10. The van der Waals surface area contributed by atoms with Crippen molar-refractivity contribution in [3.05, 3.63) is 52.7 Å². The molecule has 1 atom stereocenters. The largest absolute Gasteiger partial charge is 0.490 e. The zero-order valence-electron chi connectivity index (χ0n) is 10.4. The Hall–Kier alpha value is 0.780. The van der Waals surface area contributed by atoms with Gasteiger partial charge in [0.05, 0.1) is 7.14 Å². The standard InChI is InChI=1S/C15H11I3OS/c16-10-6-12(17)15(13(18)7-10)19-8-11-5-9-3-1-2-4-14(9)20-11/h1-4,6-7,11H,5,8H2. The van der Waals surface area contributed by atoms with Crippen LogP contribution >= 0.6 is 79.5 Å². The molecule has 0 aliphatic carbocycles. The van der Waals surface area contributed by atoms with Crippen molar-refractivity contribution in [2.45, 2.75) is 16.6 Å². The summed E-state index contributed by atoms with van der Waals surface area (Å²) in [6.07, 6.45) is 1.11. The minimum atomic E-state index is 0.526. The van der Waals surface area contributed by atoms with Gasteiger partial charge >= 0.3 is 0 Å². The Kier molecular flexibility index (Phi) is 5.41. The topological polar surface area (TPSA) is 9.23 Å². The van der Waals surface area contributed by atoms with Crippen LogP contribution in [0, 0.1) is 10.7 Å². The highest BCUT2D eigenvalue weighted by atomic mass is 127. The van der Waals surface area contributed by atoms with Gasteiger partial charge < -0.3 is 4.74 Å². The molecule has 3 rings (SSSR count). The molecule has 0 N–H and O–H groups in total. The summed E-state index contributed by atoms with van der Waals surface area (Å²) < 4.78 is 9.74. The van der Waals surface area contributed by atoms with Crippen LogP contribution in [0.5, 0.6) is 5.75 Å². The van der Waals surface area contributed by atoms with Crippen LogP contribution < -0.4 is 4.74 Å². The summed E-state index contributed by atoms with van der Waals surface area (Å²) in [5.74, 6) is 1.03. The highest BCUT2D eigenvalue weighted by Gasteiger charge is 2.23. The molecule has 0 fully saturated rings. The van der Waals surface area contributed by atoms with Gasteiger partial charge in [0.1, 0.15) is 12.4 Å². The lowest BCUT2D eigenvalue weighted by Gasteiger charge is -2.14. The second-order valence-corrected chi connectivity index (χ2v) is 9.47. The van der Waals surface area contributed by atoms with Gasteiger partial charge in [0.15, 0.2) is 0 Å². The van der Waals surface area contributed by atoms with Crippen LogP contribution in [-0.4, -0.2) is 11.9 Å². The summed E-state index contributed by atoms with van der Waals surface area (Å²) in [7, 11) is 0. The molecule has 2 aromatic carbocycles. The first-order valence-electron chi connectivity index (χ1n) is 6.15. The van der Waals surface area contributed by atoms with E-state index in [1.807, 2.05) is 11.8 Å². The first-order valence-corrected chi connectivity index (χ1v) is 10.3. The minimum absolute atomic E-state index is 0.526. The van der Waals surface area contributed by atoms with E-state index < -0.39 is 0 Å². The molecule has 1 nitrogen and oxygen atoms in total. The molecule has 0 saturated carbocycles. The number of fused-ring (bicyclic) bond motifs is 1. The molecular formula is C15H11I3OS. The fourth-order valence-electron chi connectivity index (χ4n) is 2.19. The second kappa shape index (κ2) is 6.91. The van der Waals surface area contributed by atoms with Crippen LogP contribution in [0.4, 0.5) is 0 Å². The zero-order chi connectivity index (χ0) is 14.1. The van der Waals surface area contributed by atoms with Gasteiger partial charge in [0.25, 0.3) is 0 Å². The molecule has 1 aliphatic rings. The maximum Gasteiger partial charge on any atom is 0.146 e. The number of hydrogen-bond donors (Lipinski definition) is 0. The molecule has 0 amide bonds. The summed E-state index contributed by atoms with van der Waals surface area (Å²) in [5.41, 5.74) is 1.46. The van der Waals surface area contributed by atoms with Crippen molar-refractivity contribution in [3.8, 4) is 5.75 Å². The Morgan fingerprint density at radius 2 is 1.80 bits per heavy atom. The molecule has 0 saturated heterocycles.